The molecule has 1 aromatic carbocycles. The van der Waals surface area contributed by atoms with Gasteiger partial charge in [-0.15, -0.1) is 16.9 Å². The van der Waals surface area contributed by atoms with Crippen LogP contribution in [-0.4, -0.2) is 20.2 Å². The summed E-state index contributed by atoms with van der Waals surface area (Å²) in [6, 6.07) is 10.2. The zero-order chi connectivity index (χ0) is 8.93. The smallest absolute Gasteiger partial charge is 0.139 e. The number of tetrazole rings is 1. The Balaban J connectivity index is 1.94. The molecule has 1 aromatic heterocycles. The second kappa shape index (κ2) is 4.04. The van der Waals surface area contributed by atoms with E-state index in [1.165, 1.54) is 4.90 Å². The lowest BCUT2D eigenvalue weighted by Crippen LogP contribution is -1.94. The summed E-state index contributed by atoms with van der Waals surface area (Å²) in [6.07, 6.45) is 1.61. The predicted molar refractivity (Wildman–Crippen MR) is 50.1 cm³/mol. The second-order valence-electron chi connectivity index (χ2n) is 2.44. The summed E-state index contributed by atoms with van der Waals surface area (Å²) in [4.78, 5) is 1.22. The highest BCUT2D eigenvalue weighted by Crippen LogP contribution is 2.17. The van der Waals surface area contributed by atoms with Gasteiger partial charge in [-0.3, -0.25) is 0 Å². The largest absolute Gasteiger partial charge is 0.222 e. The molecule has 0 unspecified atom stereocenters. The van der Waals surface area contributed by atoms with Crippen LogP contribution in [0.3, 0.4) is 0 Å². The first-order valence-electron chi connectivity index (χ1n) is 3.84. The molecule has 0 saturated carbocycles. The molecule has 0 aliphatic heterocycles. The molecule has 0 bridgehead atoms. The molecular formula is C8H8N4S. The van der Waals surface area contributed by atoms with Gasteiger partial charge >= 0.3 is 0 Å². The maximum atomic E-state index is 3.77. The summed E-state index contributed by atoms with van der Waals surface area (Å²) in [5.41, 5.74) is 0. The van der Waals surface area contributed by atoms with E-state index in [9.17, 15) is 0 Å². The van der Waals surface area contributed by atoms with E-state index >= 15 is 0 Å². The number of aromatic nitrogens is 4. The Morgan fingerprint density at radius 2 is 2.08 bits per heavy atom. The van der Waals surface area contributed by atoms with Gasteiger partial charge in [0.2, 0.25) is 0 Å². The summed E-state index contributed by atoms with van der Waals surface area (Å²) in [6.45, 7) is 0. The third-order valence-corrected chi connectivity index (χ3v) is 2.50. The van der Waals surface area contributed by atoms with Crippen LogP contribution >= 0.6 is 11.8 Å². The van der Waals surface area contributed by atoms with Crippen LogP contribution in [0, 0.1) is 0 Å². The van der Waals surface area contributed by atoms with Crippen molar-refractivity contribution in [3.8, 4) is 0 Å². The molecule has 0 fully saturated rings. The maximum absolute atomic E-state index is 3.77. The van der Waals surface area contributed by atoms with E-state index in [0.717, 1.165) is 5.88 Å². The quantitative estimate of drug-likeness (QED) is 0.690. The fourth-order valence-electron chi connectivity index (χ4n) is 0.897. The third kappa shape index (κ3) is 2.29. The number of rotatable bonds is 3. The Bertz CT molecular complexity index is 346. The van der Waals surface area contributed by atoms with Crippen LogP contribution in [0.2, 0.25) is 0 Å². The topological polar surface area (TPSA) is 43.6 Å². The summed E-state index contributed by atoms with van der Waals surface area (Å²) in [7, 11) is 0. The number of hydrogen-bond donors (Lipinski definition) is 0. The zero-order valence-electron chi connectivity index (χ0n) is 6.87. The van der Waals surface area contributed by atoms with Gasteiger partial charge < -0.3 is 0 Å². The van der Waals surface area contributed by atoms with E-state index in [2.05, 4.69) is 27.7 Å². The van der Waals surface area contributed by atoms with Crippen molar-refractivity contribution in [2.75, 3.05) is 0 Å². The molecule has 0 N–H and O–H groups in total. The molecule has 0 aliphatic rings. The van der Waals surface area contributed by atoms with Crippen molar-refractivity contribution in [1.29, 1.82) is 0 Å². The van der Waals surface area contributed by atoms with Crippen molar-refractivity contribution < 1.29 is 0 Å². The lowest BCUT2D eigenvalue weighted by Gasteiger charge is -1.98. The first-order chi connectivity index (χ1) is 6.45. The van der Waals surface area contributed by atoms with Gasteiger partial charge in [0.1, 0.15) is 6.33 Å². The fraction of sp³-hybridized carbons (Fsp3) is 0.125. The van der Waals surface area contributed by atoms with Crippen molar-refractivity contribution in [2.24, 2.45) is 0 Å². The predicted octanol–water partition coefficient (Wildman–Crippen LogP) is 1.42. The first kappa shape index (κ1) is 8.25. The SMILES string of the molecule is c1ccc(SCn2cnnn2)cc1. The molecule has 13 heavy (non-hydrogen) atoms. The molecule has 0 spiro atoms. The standard InChI is InChI=1S/C8H8N4S/c1-2-4-8(5-3-1)13-7-12-6-9-10-11-12/h1-6H,7H2. The average molecular weight is 192 g/mol. The Hall–Kier alpha value is -1.36. The van der Waals surface area contributed by atoms with Gasteiger partial charge in [-0.1, -0.05) is 18.2 Å². The van der Waals surface area contributed by atoms with Crippen molar-refractivity contribution in [2.45, 2.75) is 10.8 Å². The van der Waals surface area contributed by atoms with Gasteiger partial charge in [0.15, 0.2) is 0 Å². The molecule has 0 saturated heterocycles. The summed E-state index contributed by atoms with van der Waals surface area (Å²) < 4.78 is 1.69. The highest BCUT2D eigenvalue weighted by Gasteiger charge is 1.94. The minimum Gasteiger partial charge on any atom is -0.222 e. The van der Waals surface area contributed by atoms with Crippen LogP contribution in [0.4, 0.5) is 0 Å². The van der Waals surface area contributed by atoms with Crippen LogP contribution in [-0.2, 0) is 5.88 Å². The molecule has 66 valence electrons. The molecule has 5 heteroatoms. The molecule has 0 atom stereocenters. The van der Waals surface area contributed by atoms with Crippen LogP contribution in [0.5, 0.6) is 0 Å². The molecule has 4 nitrogen and oxygen atoms in total. The van der Waals surface area contributed by atoms with E-state index in [-0.39, 0.29) is 0 Å². The first-order valence-corrected chi connectivity index (χ1v) is 4.82. The van der Waals surface area contributed by atoms with Crippen molar-refractivity contribution >= 4 is 11.8 Å². The molecule has 1 heterocycles. The van der Waals surface area contributed by atoms with E-state index in [4.69, 9.17) is 0 Å². The minimum absolute atomic E-state index is 0.747. The Labute approximate surface area is 80.0 Å². The van der Waals surface area contributed by atoms with E-state index in [1.807, 2.05) is 18.2 Å². The number of benzene rings is 1. The van der Waals surface area contributed by atoms with Crippen molar-refractivity contribution in [1.82, 2.24) is 20.2 Å². The van der Waals surface area contributed by atoms with Gasteiger partial charge in [-0.05, 0) is 22.6 Å². The van der Waals surface area contributed by atoms with Gasteiger partial charge in [-0.2, -0.15) is 0 Å². The van der Waals surface area contributed by atoms with Crippen molar-refractivity contribution in [3.63, 3.8) is 0 Å². The Morgan fingerprint density at radius 3 is 2.77 bits per heavy atom. The number of nitrogens with zero attached hydrogens (tertiary/aromatic N) is 4. The third-order valence-electron chi connectivity index (χ3n) is 1.50. The van der Waals surface area contributed by atoms with E-state index in [0.29, 0.717) is 0 Å². The van der Waals surface area contributed by atoms with Gasteiger partial charge in [0.25, 0.3) is 0 Å². The van der Waals surface area contributed by atoms with Crippen molar-refractivity contribution in [3.05, 3.63) is 36.7 Å². The zero-order valence-corrected chi connectivity index (χ0v) is 7.68. The molecule has 0 aliphatic carbocycles. The fourth-order valence-corrected chi connectivity index (χ4v) is 1.65. The molecule has 2 rings (SSSR count). The second-order valence-corrected chi connectivity index (χ2v) is 3.45. The summed E-state index contributed by atoms with van der Waals surface area (Å²) in [5, 5.41) is 10.9. The monoisotopic (exact) mass is 192 g/mol. The summed E-state index contributed by atoms with van der Waals surface area (Å²) in [5.74, 6) is 0.747. The van der Waals surface area contributed by atoms with E-state index < -0.39 is 0 Å². The van der Waals surface area contributed by atoms with Crippen LogP contribution in [0.1, 0.15) is 0 Å². The van der Waals surface area contributed by atoms with Gasteiger partial charge in [0, 0.05) is 4.90 Å². The molecule has 0 radical (unpaired) electrons. The molecule has 0 amide bonds. The van der Waals surface area contributed by atoms with Crippen LogP contribution in [0.15, 0.2) is 41.6 Å². The number of hydrogen-bond acceptors (Lipinski definition) is 4. The Morgan fingerprint density at radius 1 is 1.23 bits per heavy atom. The molecule has 2 aromatic rings. The van der Waals surface area contributed by atoms with Crippen LogP contribution < -0.4 is 0 Å². The summed E-state index contributed by atoms with van der Waals surface area (Å²) >= 11 is 1.70. The average Bonchev–Trinajstić information content (AvgIpc) is 2.69. The van der Waals surface area contributed by atoms with Gasteiger partial charge in [-0.25, -0.2) is 4.68 Å². The highest BCUT2D eigenvalue weighted by molar-refractivity contribution is 7.98. The highest BCUT2D eigenvalue weighted by atomic mass is 32.2. The lowest BCUT2D eigenvalue weighted by molar-refractivity contribution is 0.698. The molecular weight excluding hydrogens is 184 g/mol. The normalized spacial score (nSPS) is 10.2. The Kier molecular flexibility index (Phi) is 2.56. The van der Waals surface area contributed by atoms with Gasteiger partial charge in [0.05, 0.1) is 5.88 Å². The van der Waals surface area contributed by atoms with E-state index in [1.54, 1.807) is 22.8 Å². The minimum atomic E-state index is 0.747. The number of thioether (sulfide) groups is 1. The lowest BCUT2D eigenvalue weighted by atomic mass is 10.4. The maximum Gasteiger partial charge on any atom is 0.139 e. The van der Waals surface area contributed by atoms with Crippen LogP contribution in [0.25, 0.3) is 0 Å².